The summed E-state index contributed by atoms with van der Waals surface area (Å²) in [7, 11) is 0. The molecular weight excluding hydrogens is 753 g/mol. The minimum atomic E-state index is -0.772. The third kappa shape index (κ3) is 50.6. The van der Waals surface area contributed by atoms with Crippen molar-refractivity contribution >= 4 is 11.9 Å². The van der Waals surface area contributed by atoms with Gasteiger partial charge in [0, 0.05) is 12.8 Å². The number of hydrogen-bond donors (Lipinski definition) is 1. The molecule has 0 aliphatic carbocycles. The number of allylic oxidation sites excluding steroid dienone is 6. The molecule has 1 N–H and O–H groups in total. The van der Waals surface area contributed by atoms with Gasteiger partial charge in [0.25, 0.3) is 0 Å². The van der Waals surface area contributed by atoms with Crippen LogP contribution in [-0.4, -0.2) is 36.4 Å². The van der Waals surface area contributed by atoms with Gasteiger partial charge in [0.2, 0.25) is 0 Å². The van der Waals surface area contributed by atoms with Crippen LogP contribution in [0.2, 0.25) is 0 Å². The predicted octanol–water partition coefficient (Wildman–Crippen LogP) is 17.9. The van der Waals surface area contributed by atoms with Gasteiger partial charge >= 0.3 is 11.9 Å². The second-order valence-corrected chi connectivity index (χ2v) is 18.3. The molecule has 358 valence electrons. The zero-order valence-corrected chi connectivity index (χ0v) is 40.9. The van der Waals surface area contributed by atoms with Crippen molar-refractivity contribution in [2.75, 3.05) is 13.2 Å². The van der Waals surface area contributed by atoms with Gasteiger partial charge in [-0.25, -0.2) is 0 Å². The summed E-state index contributed by atoms with van der Waals surface area (Å²) in [6.45, 7) is 4.16. The molecule has 0 rings (SSSR count). The number of aliphatic hydroxyl groups excluding tert-OH is 1. The second-order valence-electron chi connectivity index (χ2n) is 18.3. The standard InChI is InChI=1S/C56H104O5/c1-3-5-7-9-11-13-15-17-19-21-23-24-25-26-27-28-29-30-31-32-33-35-37-39-41-43-45-47-49-51-56(59)61-54(52-57)53-60-55(58)50-48-46-44-42-40-38-36-34-22-20-18-16-14-12-10-8-6-4-2/h15,17,20-23,54,57H,3-14,16,18-19,24-53H2,1-2H3/b17-15-,22-20-,23-21-. The van der Waals surface area contributed by atoms with E-state index in [0.29, 0.717) is 12.8 Å². The van der Waals surface area contributed by atoms with Crippen molar-refractivity contribution in [1.82, 2.24) is 0 Å². The lowest BCUT2D eigenvalue weighted by Gasteiger charge is -2.15. The molecule has 0 aromatic heterocycles. The summed E-state index contributed by atoms with van der Waals surface area (Å²) < 4.78 is 10.7. The number of carbonyl (C=O) groups is 2. The maximum atomic E-state index is 12.3. The van der Waals surface area contributed by atoms with Crippen molar-refractivity contribution in [2.24, 2.45) is 0 Å². The molecule has 0 fully saturated rings. The number of carbonyl (C=O) groups excluding carboxylic acids is 2. The summed E-state index contributed by atoms with van der Waals surface area (Å²) in [5.41, 5.74) is 0. The van der Waals surface area contributed by atoms with Crippen molar-refractivity contribution in [3.05, 3.63) is 36.5 Å². The molecular formula is C56H104O5. The Morgan fingerprint density at radius 2 is 0.656 bits per heavy atom. The number of rotatable bonds is 50. The van der Waals surface area contributed by atoms with Crippen molar-refractivity contribution in [3.63, 3.8) is 0 Å². The van der Waals surface area contributed by atoms with Crippen molar-refractivity contribution < 1.29 is 24.2 Å². The van der Waals surface area contributed by atoms with Gasteiger partial charge in [-0.3, -0.25) is 9.59 Å². The first-order valence-corrected chi connectivity index (χ1v) is 27.0. The number of esters is 2. The van der Waals surface area contributed by atoms with Crippen LogP contribution >= 0.6 is 0 Å². The molecule has 0 aromatic carbocycles. The Balaban J connectivity index is 3.45. The lowest BCUT2D eigenvalue weighted by Crippen LogP contribution is -2.28. The maximum absolute atomic E-state index is 12.3. The van der Waals surface area contributed by atoms with E-state index in [0.717, 1.165) is 44.9 Å². The maximum Gasteiger partial charge on any atom is 0.306 e. The SMILES string of the molecule is CCCCCCC/C=C\C/C=C\CCCCCCCCCCCCCCCCCCCC(=O)OC(CO)COC(=O)CCCCCCCCC/C=C\CCCCCCCCC. The summed E-state index contributed by atoms with van der Waals surface area (Å²) in [6.07, 6.45) is 66.8. The molecule has 0 aliphatic heterocycles. The molecule has 1 atom stereocenters. The van der Waals surface area contributed by atoms with E-state index in [1.54, 1.807) is 0 Å². The van der Waals surface area contributed by atoms with Crippen LogP contribution in [0, 0.1) is 0 Å². The largest absolute Gasteiger partial charge is 0.462 e. The monoisotopic (exact) mass is 857 g/mol. The first-order valence-electron chi connectivity index (χ1n) is 27.0. The molecule has 0 heterocycles. The summed E-state index contributed by atoms with van der Waals surface area (Å²) in [5, 5.41) is 9.63. The minimum absolute atomic E-state index is 0.0643. The number of unbranched alkanes of at least 4 members (excludes halogenated alkanes) is 36. The Morgan fingerprint density at radius 3 is 0.984 bits per heavy atom. The Morgan fingerprint density at radius 1 is 0.377 bits per heavy atom. The van der Waals surface area contributed by atoms with Crippen molar-refractivity contribution in [3.8, 4) is 0 Å². The predicted molar refractivity (Wildman–Crippen MR) is 265 cm³/mol. The summed E-state index contributed by atoms with van der Waals surface area (Å²) in [4.78, 5) is 24.5. The third-order valence-corrected chi connectivity index (χ3v) is 12.2. The van der Waals surface area contributed by atoms with Gasteiger partial charge in [0.15, 0.2) is 6.10 Å². The molecule has 0 saturated carbocycles. The molecule has 5 heteroatoms. The van der Waals surface area contributed by atoms with Crippen LogP contribution in [0.5, 0.6) is 0 Å². The fraction of sp³-hybridized carbons (Fsp3) is 0.857. The average Bonchev–Trinajstić information content (AvgIpc) is 3.26. The van der Waals surface area contributed by atoms with E-state index in [-0.39, 0.29) is 25.2 Å². The van der Waals surface area contributed by atoms with Crippen LogP contribution < -0.4 is 0 Å². The van der Waals surface area contributed by atoms with Gasteiger partial charge in [-0.15, -0.1) is 0 Å². The van der Waals surface area contributed by atoms with E-state index in [1.165, 1.54) is 218 Å². The molecule has 0 saturated heterocycles. The third-order valence-electron chi connectivity index (χ3n) is 12.2. The highest BCUT2D eigenvalue weighted by Gasteiger charge is 2.16. The molecule has 5 nitrogen and oxygen atoms in total. The first-order chi connectivity index (χ1) is 30.1. The highest BCUT2D eigenvalue weighted by Crippen LogP contribution is 2.16. The molecule has 61 heavy (non-hydrogen) atoms. The van der Waals surface area contributed by atoms with Crippen LogP contribution in [0.3, 0.4) is 0 Å². The van der Waals surface area contributed by atoms with Crippen molar-refractivity contribution in [2.45, 2.75) is 296 Å². The topological polar surface area (TPSA) is 72.8 Å². The van der Waals surface area contributed by atoms with Gasteiger partial charge < -0.3 is 14.6 Å². The highest BCUT2D eigenvalue weighted by molar-refractivity contribution is 5.70. The molecule has 0 aromatic rings. The number of hydrogen-bond acceptors (Lipinski definition) is 5. The van der Waals surface area contributed by atoms with Crippen LogP contribution in [0.4, 0.5) is 0 Å². The van der Waals surface area contributed by atoms with E-state index >= 15 is 0 Å². The quantitative estimate of drug-likeness (QED) is 0.0375. The molecule has 0 bridgehead atoms. The number of ether oxygens (including phenoxy) is 2. The van der Waals surface area contributed by atoms with Gasteiger partial charge in [-0.1, -0.05) is 243 Å². The molecule has 0 spiro atoms. The fourth-order valence-corrected chi connectivity index (χ4v) is 8.05. The van der Waals surface area contributed by atoms with Crippen molar-refractivity contribution in [1.29, 1.82) is 0 Å². The van der Waals surface area contributed by atoms with E-state index in [4.69, 9.17) is 9.47 Å². The van der Waals surface area contributed by atoms with Crippen LogP contribution in [-0.2, 0) is 19.1 Å². The number of aliphatic hydroxyl groups is 1. The summed E-state index contributed by atoms with van der Waals surface area (Å²) >= 11 is 0. The van der Waals surface area contributed by atoms with E-state index in [2.05, 4.69) is 50.3 Å². The van der Waals surface area contributed by atoms with Gasteiger partial charge in [-0.2, -0.15) is 0 Å². The Kier molecular flexibility index (Phi) is 50.8. The highest BCUT2D eigenvalue weighted by atomic mass is 16.6. The molecule has 0 radical (unpaired) electrons. The lowest BCUT2D eigenvalue weighted by molar-refractivity contribution is -0.161. The Hall–Kier alpha value is -1.88. The Labute approximate surface area is 380 Å². The van der Waals surface area contributed by atoms with Gasteiger partial charge in [0.1, 0.15) is 6.61 Å². The van der Waals surface area contributed by atoms with Crippen LogP contribution in [0.25, 0.3) is 0 Å². The van der Waals surface area contributed by atoms with E-state index < -0.39 is 6.10 Å². The smallest absolute Gasteiger partial charge is 0.306 e. The van der Waals surface area contributed by atoms with Gasteiger partial charge in [0.05, 0.1) is 6.61 Å². The molecule has 0 aliphatic rings. The molecule has 1 unspecified atom stereocenters. The minimum Gasteiger partial charge on any atom is -0.462 e. The summed E-state index contributed by atoms with van der Waals surface area (Å²) in [5.74, 6) is -0.582. The average molecular weight is 857 g/mol. The Bertz CT molecular complexity index is 970. The lowest BCUT2D eigenvalue weighted by atomic mass is 10.0. The van der Waals surface area contributed by atoms with Crippen LogP contribution in [0.1, 0.15) is 290 Å². The van der Waals surface area contributed by atoms with E-state index in [9.17, 15) is 14.7 Å². The fourth-order valence-electron chi connectivity index (χ4n) is 8.05. The zero-order chi connectivity index (χ0) is 44.2. The zero-order valence-electron chi connectivity index (χ0n) is 40.9. The summed E-state index contributed by atoms with van der Waals surface area (Å²) in [6, 6.07) is 0. The normalized spacial score (nSPS) is 12.4. The van der Waals surface area contributed by atoms with Gasteiger partial charge in [-0.05, 0) is 70.6 Å². The first kappa shape index (κ1) is 59.1. The molecule has 0 amide bonds. The van der Waals surface area contributed by atoms with Crippen LogP contribution in [0.15, 0.2) is 36.5 Å². The second kappa shape index (κ2) is 52.5. The van der Waals surface area contributed by atoms with E-state index in [1.807, 2.05) is 0 Å².